The Hall–Kier alpha value is -2.65. The maximum atomic E-state index is 13.8. The Kier molecular flexibility index (Phi) is 4.95. The van der Waals surface area contributed by atoms with Gasteiger partial charge in [0.25, 0.3) is 0 Å². The van der Waals surface area contributed by atoms with Gasteiger partial charge in [0.1, 0.15) is 0 Å². The van der Waals surface area contributed by atoms with Gasteiger partial charge in [-0.15, -0.1) is 0 Å². The summed E-state index contributed by atoms with van der Waals surface area (Å²) in [7, 11) is 0. The highest BCUT2D eigenvalue weighted by atomic mass is 32.1. The van der Waals surface area contributed by atoms with E-state index in [1.807, 2.05) is 20.8 Å². The molecule has 0 N–H and O–H groups in total. The fourth-order valence-corrected chi connectivity index (χ4v) is 5.71. The summed E-state index contributed by atoms with van der Waals surface area (Å²) >= 11 is 1.60. The Morgan fingerprint density at radius 1 is 0.828 bits per heavy atom. The summed E-state index contributed by atoms with van der Waals surface area (Å²) in [4.78, 5) is 13.8. The molecule has 2 nitrogen and oxygen atoms in total. The van der Waals surface area contributed by atoms with Crippen molar-refractivity contribution in [3.63, 3.8) is 0 Å². The van der Waals surface area contributed by atoms with Crippen LogP contribution in [0.1, 0.15) is 50.7 Å². The Morgan fingerprint density at radius 2 is 1.45 bits per heavy atom. The number of ketones is 1. The Morgan fingerprint density at radius 3 is 2.10 bits per heavy atom. The molecule has 0 atom stereocenters. The molecule has 0 bridgehead atoms. The highest BCUT2D eigenvalue weighted by Crippen LogP contribution is 2.44. The summed E-state index contributed by atoms with van der Waals surface area (Å²) in [5, 5.41) is 4.18. The third-order valence-corrected chi connectivity index (χ3v) is 6.77. The number of ether oxygens (including phenoxy) is 1. The minimum atomic E-state index is 0.0550. The monoisotopic (exact) mass is 402 g/mol. The lowest BCUT2D eigenvalue weighted by molar-refractivity contribution is 0.103. The van der Waals surface area contributed by atoms with E-state index in [0.29, 0.717) is 12.2 Å². The van der Waals surface area contributed by atoms with Crippen LogP contribution in [0.2, 0.25) is 0 Å². The van der Waals surface area contributed by atoms with Gasteiger partial charge in [-0.25, -0.2) is 0 Å². The summed E-state index contributed by atoms with van der Waals surface area (Å²) in [6.45, 7) is 12.9. The van der Waals surface area contributed by atoms with Crippen molar-refractivity contribution in [3.05, 3.63) is 75.3 Å². The van der Waals surface area contributed by atoms with Crippen molar-refractivity contribution < 1.29 is 9.53 Å². The molecule has 0 saturated heterocycles. The highest BCUT2D eigenvalue weighted by molar-refractivity contribution is 7.22. The smallest absolute Gasteiger partial charge is 0.198 e. The van der Waals surface area contributed by atoms with Crippen LogP contribution < -0.4 is 4.74 Å². The lowest BCUT2D eigenvalue weighted by Crippen LogP contribution is -2.08. The number of thiophene rings is 1. The van der Waals surface area contributed by atoms with Crippen molar-refractivity contribution in [2.45, 2.75) is 41.5 Å². The van der Waals surface area contributed by atoms with Crippen LogP contribution in [0.3, 0.4) is 0 Å². The van der Waals surface area contributed by atoms with Gasteiger partial charge in [-0.3, -0.25) is 4.79 Å². The second kappa shape index (κ2) is 7.31. The average molecular weight is 403 g/mol. The molecule has 29 heavy (non-hydrogen) atoms. The molecule has 148 valence electrons. The zero-order valence-corrected chi connectivity index (χ0v) is 18.7. The predicted molar refractivity (Wildman–Crippen MR) is 124 cm³/mol. The van der Waals surface area contributed by atoms with Gasteiger partial charge in [0, 0.05) is 21.0 Å². The lowest BCUT2D eigenvalue weighted by Gasteiger charge is -2.12. The number of carbonyl (C=O) groups is 1. The minimum absolute atomic E-state index is 0.0550. The molecule has 0 radical (unpaired) electrons. The molecule has 3 aromatic carbocycles. The van der Waals surface area contributed by atoms with Gasteiger partial charge in [0.15, 0.2) is 10.8 Å². The van der Waals surface area contributed by atoms with Crippen molar-refractivity contribution in [1.29, 1.82) is 0 Å². The first-order valence-electron chi connectivity index (χ1n) is 10.0. The SMILES string of the molecule is CCOc1sc2c(ccc3c(C)ccc(C)c32)c1C(=O)c1c(C)cc(C)cc1C. The number of benzene rings is 3. The Labute approximate surface area is 176 Å². The normalized spacial score (nSPS) is 11.4. The topological polar surface area (TPSA) is 26.3 Å². The van der Waals surface area contributed by atoms with Gasteiger partial charge in [0.05, 0.1) is 12.2 Å². The van der Waals surface area contributed by atoms with Crippen molar-refractivity contribution in [3.8, 4) is 5.06 Å². The molecular weight excluding hydrogens is 376 g/mol. The van der Waals surface area contributed by atoms with Gasteiger partial charge < -0.3 is 4.74 Å². The summed E-state index contributed by atoms with van der Waals surface area (Å²) < 4.78 is 7.12. The minimum Gasteiger partial charge on any atom is -0.484 e. The van der Waals surface area contributed by atoms with Crippen molar-refractivity contribution in [2.75, 3.05) is 6.61 Å². The van der Waals surface area contributed by atoms with Crippen LogP contribution in [0.25, 0.3) is 20.9 Å². The summed E-state index contributed by atoms with van der Waals surface area (Å²) in [5.41, 5.74) is 7.17. The summed E-state index contributed by atoms with van der Waals surface area (Å²) in [5.74, 6) is 0.0550. The molecular formula is C26H26O2S. The molecule has 0 amide bonds. The third kappa shape index (κ3) is 3.14. The molecule has 0 aliphatic carbocycles. The summed E-state index contributed by atoms with van der Waals surface area (Å²) in [6.07, 6.45) is 0. The maximum Gasteiger partial charge on any atom is 0.198 e. The standard InChI is InChI=1S/C26H26O2S/c1-7-28-26-23(24(27)21-17(5)12-14(2)13-18(21)6)20-11-10-19-15(3)8-9-16(4)22(19)25(20)29-26/h8-13H,7H2,1-6H3. The van der Waals surface area contributed by atoms with Gasteiger partial charge in [-0.2, -0.15) is 0 Å². The van der Waals surface area contributed by atoms with E-state index in [1.165, 1.54) is 27.5 Å². The quantitative estimate of drug-likeness (QED) is 0.337. The molecule has 0 aliphatic rings. The summed E-state index contributed by atoms with van der Waals surface area (Å²) in [6, 6.07) is 12.7. The van der Waals surface area contributed by atoms with E-state index in [2.05, 4.69) is 57.2 Å². The van der Waals surface area contributed by atoms with E-state index < -0.39 is 0 Å². The van der Waals surface area contributed by atoms with Crippen LogP contribution in [-0.2, 0) is 0 Å². The van der Waals surface area contributed by atoms with E-state index >= 15 is 0 Å². The van der Waals surface area contributed by atoms with Crippen molar-refractivity contribution in [2.24, 2.45) is 0 Å². The van der Waals surface area contributed by atoms with E-state index in [1.54, 1.807) is 11.3 Å². The molecule has 4 aromatic rings. The number of rotatable bonds is 4. The highest BCUT2D eigenvalue weighted by Gasteiger charge is 2.25. The fourth-order valence-electron chi connectivity index (χ4n) is 4.39. The molecule has 0 aliphatic heterocycles. The molecule has 0 unspecified atom stereocenters. The number of fused-ring (bicyclic) bond motifs is 3. The van der Waals surface area contributed by atoms with Crippen LogP contribution in [0.5, 0.6) is 5.06 Å². The number of hydrogen-bond acceptors (Lipinski definition) is 3. The number of hydrogen-bond donors (Lipinski definition) is 0. The molecule has 1 heterocycles. The van der Waals surface area contributed by atoms with Crippen LogP contribution in [-0.4, -0.2) is 12.4 Å². The first kappa shape index (κ1) is 19.7. The molecule has 0 fully saturated rings. The van der Waals surface area contributed by atoms with Crippen LogP contribution in [0.15, 0.2) is 36.4 Å². The number of aryl methyl sites for hydroxylation is 5. The fraction of sp³-hybridized carbons (Fsp3) is 0.269. The second-order valence-corrected chi connectivity index (χ2v) is 8.85. The molecule has 4 rings (SSSR count). The molecule has 3 heteroatoms. The van der Waals surface area contributed by atoms with E-state index in [9.17, 15) is 4.79 Å². The zero-order chi connectivity index (χ0) is 20.9. The molecule has 0 saturated carbocycles. The van der Waals surface area contributed by atoms with Gasteiger partial charge in [-0.05, 0) is 69.2 Å². The van der Waals surface area contributed by atoms with E-state index in [0.717, 1.165) is 31.8 Å². The van der Waals surface area contributed by atoms with Gasteiger partial charge in [0.2, 0.25) is 0 Å². The lowest BCUT2D eigenvalue weighted by atomic mass is 9.91. The van der Waals surface area contributed by atoms with E-state index in [4.69, 9.17) is 4.74 Å². The van der Waals surface area contributed by atoms with Crippen LogP contribution >= 0.6 is 11.3 Å². The van der Waals surface area contributed by atoms with E-state index in [-0.39, 0.29) is 5.78 Å². The van der Waals surface area contributed by atoms with Crippen molar-refractivity contribution >= 4 is 38.0 Å². The van der Waals surface area contributed by atoms with Gasteiger partial charge in [-0.1, -0.05) is 53.3 Å². The molecule has 0 spiro atoms. The maximum absolute atomic E-state index is 13.8. The van der Waals surface area contributed by atoms with Gasteiger partial charge >= 0.3 is 0 Å². The third-order valence-electron chi connectivity index (χ3n) is 5.64. The molecule has 1 aromatic heterocycles. The van der Waals surface area contributed by atoms with Crippen molar-refractivity contribution in [1.82, 2.24) is 0 Å². The van der Waals surface area contributed by atoms with Crippen LogP contribution in [0, 0.1) is 34.6 Å². The average Bonchev–Trinajstić information content (AvgIpc) is 3.02. The number of carbonyl (C=O) groups excluding carboxylic acids is 1. The first-order chi connectivity index (χ1) is 13.8. The first-order valence-corrected chi connectivity index (χ1v) is 10.9. The Balaban J connectivity index is 2.06. The second-order valence-electron chi connectivity index (χ2n) is 7.86. The largest absolute Gasteiger partial charge is 0.484 e. The zero-order valence-electron chi connectivity index (χ0n) is 17.9. The predicted octanol–water partition coefficient (Wildman–Crippen LogP) is 7.23. The Bertz CT molecular complexity index is 1250. The van der Waals surface area contributed by atoms with Crippen LogP contribution in [0.4, 0.5) is 0 Å².